The molecular formula is C22H18Cl2N4O2S. The van der Waals surface area contributed by atoms with Crippen LogP contribution in [0, 0.1) is 0 Å². The Bertz CT molecular complexity index is 1240. The molecule has 0 aliphatic heterocycles. The highest BCUT2D eigenvalue weighted by Gasteiger charge is 2.22. The first-order valence-electron chi connectivity index (χ1n) is 9.18. The summed E-state index contributed by atoms with van der Waals surface area (Å²) in [6, 6.07) is 9.43. The van der Waals surface area contributed by atoms with Gasteiger partial charge >= 0.3 is 0 Å². The summed E-state index contributed by atoms with van der Waals surface area (Å²) in [6.45, 7) is 0. The van der Waals surface area contributed by atoms with Gasteiger partial charge in [-0.15, -0.1) is 11.8 Å². The number of ether oxygens (including phenoxy) is 2. The number of hydrogen-bond donors (Lipinski definition) is 1. The van der Waals surface area contributed by atoms with Crippen LogP contribution in [0.4, 0.5) is 11.5 Å². The largest absolute Gasteiger partial charge is 0.495 e. The van der Waals surface area contributed by atoms with Crippen molar-refractivity contribution in [1.82, 2.24) is 15.0 Å². The van der Waals surface area contributed by atoms with E-state index >= 15 is 0 Å². The molecule has 0 aliphatic rings. The first-order chi connectivity index (χ1) is 15.1. The van der Waals surface area contributed by atoms with E-state index in [2.05, 4.69) is 20.3 Å². The van der Waals surface area contributed by atoms with Crippen LogP contribution in [0.2, 0.25) is 10.0 Å². The predicted octanol–water partition coefficient (Wildman–Crippen LogP) is 6.48. The van der Waals surface area contributed by atoms with Crippen LogP contribution < -0.4 is 14.8 Å². The lowest BCUT2D eigenvalue weighted by atomic mass is 10.0. The fourth-order valence-corrected chi connectivity index (χ4v) is 4.57. The van der Waals surface area contributed by atoms with Crippen LogP contribution in [-0.4, -0.2) is 35.4 Å². The summed E-state index contributed by atoms with van der Waals surface area (Å²) in [5, 5.41) is 5.10. The van der Waals surface area contributed by atoms with Gasteiger partial charge in [0.05, 0.1) is 30.0 Å². The molecule has 0 bridgehead atoms. The van der Waals surface area contributed by atoms with Gasteiger partial charge in [0, 0.05) is 39.9 Å². The molecule has 0 atom stereocenters. The van der Waals surface area contributed by atoms with Gasteiger partial charge in [0.15, 0.2) is 5.82 Å². The molecule has 9 heteroatoms. The molecule has 2 aromatic heterocycles. The minimum Gasteiger partial charge on any atom is -0.495 e. The van der Waals surface area contributed by atoms with Crippen molar-refractivity contribution >= 4 is 57.4 Å². The SMILES string of the molecule is COc1cc(OC)c(Cl)c(-c2cccc(SC)c2Nc2nccc3cncnc23)c1Cl. The number of methoxy groups -OCH3 is 2. The van der Waals surface area contributed by atoms with Crippen molar-refractivity contribution in [2.45, 2.75) is 4.90 Å². The van der Waals surface area contributed by atoms with Crippen LogP contribution >= 0.6 is 35.0 Å². The molecule has 0 spiro atoms. The zero-order chi connectivity index (χ0) is 22.0. The lowest BCUT2D eigenvalue weighted by molar-refractivity contribution is 0.395. The number of nitrogens with one attached hydrogen (secondary N) is 1. The lowest BCUT2D eigenvalue weighted by Crippen LogP contribution is -2.01. The standard InChI is InChI=1S/C22H18Cl2N4O2S/c1-29-14-9-15(30-2)19(24)17(18(14)23)13-5-4-6-16(31-3)21(13)28-22-20-12(7-8-26-22)10-25-11-27-20/h4-11H,1-3H3,(H,26,28). The minimum atomic E-state index is 0.391. The molecule has 0 saturated carbocycles. The van der Waals surface area contributed by atoms with Gasteiger partial charge < -0.3 is 14.8 Å². The number of thioether (sulfide) groups is 1. The van der Waals surface area contributed by atoms with E-state index in [-0.39, 0.29) is 0 Å². The molecule has 158 valence electrons. The zero-order valence-corrected chi connectivity index (χ0v) is 19.3. The fraction of sp³-hybridized carbons (Fsp3) is 0.136. The summed E-state index contributed by atoms with van der Waals surface area (Å²) in [7, 11) is 3.10. The van der Waals surface area contributed by atoms with Crippen LogP contribution in [0.5, 0.6) is 11.5 Å². The third-order valence-electron chi connectivity index (χ3n) is 4.76. The van der Waals surface area contributed by atoms with Gasteiger partial charge in [0.2, 0.25) is 0 Å². The Kier molecular flexibility index (Phi) is 6.36. The number of anilines is 2. The summed E-state index contributed by atoms with van der Waals surface area (Å²) in [4.78, 5) is 14.0. The monoisotopic (exact) mass is 472 g/mol. The number of benzene rings is 2. The van der Waals surface area contributed by atoms with Crippen molar-refractivity contribution in [3.8, 4) is 22.6 Å². The van der Waals surface area contributed by atoms with Crippen molar-refractivity contribution in [3.05, 3.63) is 59.1 Å². The number of rotatable bonds is 6. The van der Waals surface area contributed by atoms with Gasteiger partial charge in [-0.25, -0.2) is 15.0 Å². The lowest BCUT2D eigenvalue weighted by Gasteiger charge is -2.20. The van der Waals surface area contributed by atoms with E-state index in [0.717, 1.165) is 21.5 Å². The normalized spacial score (nSPS) is 10.9. The van der Waals surface area contributed by atoms with Gasteiger partial charge in [-0.1, -0.05) is 35.3 Å². The van der Waals surface area contributed by atoms with Crippen molar-refractivity contribution in [2.24, 2.45) is 0 Å². The molecule has 1 N–H and O–H groups in total. The molecule has 2 aromatic carbocycles. The highest BCUT2D eigenvalue weighted by molar-refractivity contribution is 7.98. The van der Waals surface area contributed by atoms with E-state index in [4.69, 9.17) is 32.7 Å². The minimum absolute atomic E-state index is 0.391. The summed E-state index contributed by atoms with van der Waals surface area (Å²) >= 11 is 15.0. The molecule has 2 heterocycles. The maximum absolute atomic E-state index is 6.71. The number of halogens is 2. The molecule has 31 heavy (non-hydrogen) atoms. The Morgan fingerprint density at radius 2 is 1.74 bits per heavy atom. The van der Waals surface area contributed by atoms with Crippen molar-refractivity contribution in [3.63, 3.8) is 0 Å². The van der Waals surface area contributed by atoms with E-state index in [1.165, 1.54) is 6.33 Å². The van der Waals surface area contributed by atoms with E-state index < -0.39 is 0 Å². The number of fused-ring (bicyclic) bond motifs is 1. The highest BCUT2D eigenvalue weighted by atomic mass is 35.5. The van der Waals surface area contributed by atoms with Gasteiger partial charge in [0.25, 0.3) is 0 Å². The van der Waals surface area contributed by atoms with Crippen molar-refractivity contribution < 1.29 is 9.47 Å². The Balaban J connectivity index is 1.97. The molecule has 0 saturated heterocycles. The van der Waals surface area contributed by atoms with Gasteiger partial charge in [-0.05, 0) is 18.4 Å². The second-order valence-electron chi connectivity index (χ2n) is 6.41. The zero-order valence-electron chi connectivity index (χ0n) is 16.9. The van der Waals surface area contributed by atoms with E-state index in [0.29, 0.717) is 38.4 Å². The van der Waals surface area contributed by atoms with E-state index in [1.54, 1.807) is 44.4 Å². The number of aromatic nitrogens is 3. The Labute approximate surface area is 193 Å². The van der Waals surface area contributed by atoms with Gasteiger partial charge in [-0.3, -0.25) is 0 Å². The second kappa shape index (κ2) is 9.18. The summed E-state index contributed by atoms with van der Waals surface area (Å²) in [5.41, 5.74) is 2.90. The fourth-order valence-electron chi connectivity index (χ4n) is 3.28. The average molecular weight is 473 g/mol. The molecule has 0 aliphatic carbocycles. The smallest absolute Gasteiger partial charge is 0.157 e. The number of hydrogen-bond acceptors (Lipinski definition) is 7. The molecule has 0 amide bonds. The van der Waals surface area contributed by atoms with Crippen LogP contribution in [0.3, 0.4) is 0 Å². The Morgan fingerprint density at radius 3 is 2.42 bits per heavy atom. The molecule has 4 aromatic rings. The van der Waals surface area contributed by atoms with Crippen LogP contribution in [0.25, 0.3) is 22.0 Å². The van der Waals surface area contributed by atoms with E-state index in [9.17, 15) is 0 Å². The molecule has 6 nitrogen and oxygen atoms in total. The van der Waals surface area contributed by atoms with Crippen molar-refractivity contribution in [1.29, 1.82) is 0 Å². The van der Waals surface area contributed by atoms with E-state index in [1.807, 2.05) is 30.5 Å². The van der Waals surface area contributed by atoms with Crippen LogP contribution in [-0.2, 0) is 0 Å². The Morgan fingerprint density at radius 1 is 1.00 bits per heavy atom. The second-order valence-corrected chi connectivity index (χ2v) is 8.02. The summed E-state index contributed by atoms with van der Waals surface area (Å²) < 4.78 is 10.9. The van der Waals surface area contributed by atoms with Gasteiger partial charge in [0.1, 0.15) is 23.3 Å². The number of nitrogens with zero attached hydrogens (tertiary/aromatic N) is 3. The molecule has 0 radical (unpaired) electrons. The number of para-hydroxylation sites is 1. The molecule has 0 fully saturated rings. The quantitative estimate of drug-likeness (QED) is 0.322. The molecule has 0 unspecified atom stereocenters. The number of pyridine rings is 1. The first-order valence-corrected chi connectivity index (χ1v) is 11.2. The topological polar surface area (TPSA) is 69.2 Å². The third kappa shape index (κ3) is 3.96. The first kappa shape index (κ1) is 21.5. The third-order valence-corrected chi connectivity index (χ3v) is 6.29. The highest BCUT2D eigenvalue weighted by Crippen LogP contribution is 2.49. The maximum atomic E-state index is 6.71. The van der Waals surface area contributed by atoms with Crippen molar-refractivity contribution in [2.75, 3.05) is 25.8 Å². The summed E-state index contributed by atoms with van der Waals surface area (Å²) in [5.74, 6) is 1.54. The predicted molar refractivity (Wildman–Crippen MR) is 127 cm³/mol. The average Bonchev–Trinajstić information content (AvgIpc) is 2.80. The molecule has 4 rings (SSSR count). The van der Waals surface area contributed by atoms with Crippen LogP contribution in [0.15, 0.2) is 53.9 Å². The van der Waals surface area contributed by atoms with Crippen LogP contribution in [0.1, 0.15) is 0 Å². The molecular weight excluding hydrogens is 455 g/mol. The summed E-state index contributed by atoms with van der Waals surface area (Å²) in [6.07, 6.45) is 6.96. The maximum Gasteiger partial charge on any atom is 0.157 e. The van der Waals surface area contributed by atoms with Gasteiger partial charge in [-0.2, -0.15) is 0 Å². The Hall–Kier alpha value is -2.74.